The van der Waals surface area contributed by atoms with E-state index in [1.807, 2.05) is 48.9 Å². The fourth-order valence-corrected chi connectivity index (χ4v) is 3.16. The van der Waals surface area contributed by atoms with Crippen molar-refractivity contribution < 1.29 is 14.3 Å². The molecule has 1 heterocycles. The van der Waals surface area contributed by atoms with Crippen molar-refractivity contribution in [2.75, 3.05) is 7.11 Å². The summed E-state index contributed by atoms with van der Waals surface area (Å²) in [5, 5.41) is 5.13. The highest BCUT2D eigenvalue weighted by atomic mass is 35.5. The van der Waals surface area contributed by atoms with Crippen molar-refractivity contribution in [3.05, 3.63) is 76.1 Å². The molecule has 0 radical (unpaired) electrons. The Morgan fingerprint density at radius 2 is 1.89 bits per heavy atom. The maximum atomic E-state index is 12.4. The van der Waals surface area contributed by atoms with Gasteiger partial charge in [-0.25, -0.2) is 4.68 Å². The summed E-state index contributed by atoms with van der Waals surface area (Å²) < 4.78 is 12.6. The maximum absolute atomic E-state index is 12.4. The second-order valence-electron chi connectivity index (χ2n) is 6.19. The molecule has 6 heteroatoms. The van der Waals surface area contributed by atoms with Gasteiger partial charge >= 0.3 is 5.97 Å². The zero-order chi connectivity index (χ0) is 19.4. The molecule has 27 heavy (non-hydrogen) atoms. The molecule has 0 amide bonds. The summed E-state index contributed by atoms with van der Waals surface area (Å²) >= 11 is 6.01. The van der Waals surface area contributed by atoms with Crippen LogP contribution in [0.1, 0.15) is 22.5 Å². The molecule has 3 aromatic rings. The van der Waals surface area contributed by atoms with Crippen LogP contribution < -0.4 is 4.74 Å². The Morgan fingerprint density at radius 3 is 2.59 bits per heavy atom. The van der Waals surface area contributed by atoms with Gasteiger partial charge in [0.1, 0.15) is 12.4 Å². The average Bonchev–Trinajstić information content (AvgIpc) is 2.95. The Kier molecular flexibility index (Phi) is 5.81. The van der Waals surface area contributed by atoms with E-state index in [2.05, 4.69) is 5.10 Å². The number of ether oxygens (including phenoxy) is 2. The molecule has 0 aliphatic carbocycles. The van der Waals surface area contributed by atoms with Crippen molar-refractivity contribution in [3.8, 4) is 11.4 Å². The molecule has 0 bridgehead atoms. The van der Waals surface area contributed by atoms with E-state index in [1.54, 1.807) is 25.3 Å². The van der Waals surface area contributed by atoms with Gasteiger partial charge in [-0.3, -0.25) is 4.79 Å². The van der Waals surface area contributed by atoms with E-state index < -0.39 is 0 Å². The normalized spacial score (nSPS) is 10.7. The molecule has 1 aromatic heterocycles. The van der Waals surface area contributed by atoms with Gasteiger partial charge in [0, 0.05) is 21.8 Å². The number of para-hydroxylation sites is 1. The molecule has 5 nitrogen and oxygen atoms in total. The highest BCUT2D eigenvalue weighted by Gasteiger charge is 2.17. The second-order valence-corrected chi connectivity index (χ2v) is 6.63. The molecule has 140 valence electrons. The molecule has 0 aliphatic heterocycles. The Balaban J connectivity index is 1.72. The summed E-state index contributed by atoms with van der Waals surface area (Å²) in [5.41, 5.74) is 4.31. The van der Waals surface area contributed by atoms with Gasteiger partial charge in [0.15, 0.2) is 0 Å². The minimum Gasteiger partial charge on any atom is -0.496 e. The molecular formula is C21H21ClN2O3. The largest absolute Gasteiger partial charge is 0.496 e. The lowest BCUT2D eigenvalue weighted by atomic mass is 10.1. The number of esters is 1. The maximum Gasteiger partial charge on any atom is 0.310 e. The number of methoxy groups -OCH3 is 1. The van der Waals surface area contributed by atoms with Crippen LogP contribution in [-0.4, -0.2) is 22.9 Å². The summed E-state index contributed by atoms with van der Waals surface area (Å²) in [4.78, 5) is 12.4. The van der Waals surface area contributed by atoms with Gasteiger partial charge < -0.3 is 9.47 Å². The van der Waals surface area contributed by atoms with Crippen LogP contribution in [0.3, 0.4) is 0 Å². The lowest BCUT2D eigenvalue weighted by Gasteiger charge is -2.10. The van der Waals surface area contributed by atoms with Crippen LogP contribution in [0.15, 0.2) is 48.5 Å². The van der Waals surface area contributed by atoms with Gasteiger partial charge in [-0.2, -0.15) is 5.10 Å². The Hall–Kier alpha value is -2.79. The van der Waals surface area contributed by atoms with Crippen molar-refractivity contribution in [2.24, 2.45) is 0 Å². The summed E-state index contributed by atoms with van der Waals surface area (Å²) in [6, 6.07) is 15.0. The van der Waals surface area contributed by atoms with Crippen LogP contribution in [0.4, 0.5) is 0 Å². The van der Waals surface area contributed by atoms with Crippen LogP contribution in [-0.2, 0) is 22.6 Å². The van der Waals surface area contributed by atoms with Gasteiger partial charge in [0.05, 0.1) is 24.9 Å². The predicted octanol–water partition coefficient (Wildman–Crippen LogP) is 4.44. The van der Waals surface area contributed by atoms with E-state index in [1.165, 1.54) is 0 Å². The third-order valence-corrected chi connectivity index (χ3v) is 4.63. The van der Waals surface area contributed by atoms with Crippen molar-refractivity contribution in [2.45, 2.75) is 26.9 Å². The Morgan fingerprint density at radius 1 is 1.15 bits per heavy atom. The quantitative estimate of drug-likeness (QED) is 0.590. The van der Waals surface area contributed by atoms with E-state index in [0.717, 1.165) is 28.2 Å². The van der Waals surface area contributed by atoms with E-state index in [4.69, 9.17) is 21.1 Å². The van der Waals surface area contributed by atoms with Crippen LogP contribution in [0.5, 0.6) is 5.75 Å². The SMILES string of the molecule is COc1ccc(Cl)cc1COC(=O)Cc1c(C)nn(-c2ccccc2)c1C. The number of benzene rings is 2. The summed E-state index contributed by atoms with van der Waals surface area (Å²) in [6.07, 6.45) is 0.160. The predicted molar refractivity (Wildman–Crippen MR) is 105 cm³/mol. The van der Waals surface area contributed by atoms with Gasteiger partial charge in [0.25, 0.3) is 0 Å². The van der Waals surface area contributed by atoms with Gasteiger partial charge in [0.2, 0.25) is 0 Å². The first-order chi connectivity index (χ1) is 13.0. The number of hydrogen-bond acceptors (Lipinski definition) is 4. The smallest absolute Gasteiger partial charge is 0.310 e. The molecule has 0 saturated carbocycles. The highest BCUT2D eigenvalue weighted by Crippen LogP contribution is 2.24. The summed E-state index contributed by atoms with van der Waals surface area (Å²) in [5.74, 6) is 0.312. The van der Waals surface area contributed by atoms with Crippen LogP contribution in [0.2, 0.25) is 5.02 Å². The van der Waals surface area contributed by atoms with Gasteiger partial charge in [-0.1, -0.05) is 29.8 Å². The molecule has 0 saturated heterocycles. The third-order valence-electron chi connectivity index (χ3n) is 4.39. The number of nitrogens with zero attached hydrogens (tertiary/aromatic N) is 2. The minimum atomic E-state index is -0.323. The number of rotatable bonds is 6. The lowest BCUT2D eigenvalue weighted by molar-refractivity contribution is -0.144. The van der Waals surface area contributed by atoms with Crippen molar-refractivity contribution in [1.82, 2.24) is 9.78 Å². The number of halogens is 1. The number of aromatic nitrogens is 2. The highest BCUT2D eigenvalue weighted by molar-refractivity contribution is 6.30. The first-order valence-electron chi connectivity index (χ1n) is 8.58. The zero-order valence-electron chi connectivity index (χ0n) is 15.5. The third kappa shape index (κ3) is 4.31. The first-order valence-corrected chi connectivity index (χ1v) is 8.96. The fraction of sp³-hybridized carbons (Fsp3) is 0.238. The van der Waals surface area contributed by atoms with Crippen LogP contribution >= 0.6 is 11.6 Å². The van der Waals surface area contributed by atoms with E-state index in [0.29, 0.717) is 10.8 Å². The molecule has 0 spiro atoms. The Bertz CT molecular complexity index is 952. The monoisotopic (exact) mass is 384 g/mol. The Labute approximate surface area is 163 Å². The number of aryl methyl sites for hydroxylation is 1. The zero-order valence-corrected chi connectivity index (χ0v) is 16.3. The molecule has 0 fully saturated rings. The molecule has 2 aromatic carbocycles. The van der Waals surface area contributed by atoms with Crippen molar-refractivity contribution in [1.29, 1.82) is 0 Å². The number of hydrogen-bond donors (Lipinski definition) is 0. The minimum absolute atomic E-state index is 0.105. The van der Waals surface area contributed by atoms with Crippen LogP contribution in [0.25, 0.3) is 5.69 Å². The molecular weight excluding hydrogens is 364 g/mol. The molecule has 0 unspecified atom stereocenters. The molecule has 3 rings (SSSR count). The van der Waals surface area contributed by atoms with Gasteiger partial charge in [-0.15, -0.1) is 0 Å². The fourth-order valence-electron chi connectivity index (χ4n) is 2.96. The summed E-state index contributed by atoms with van der Waals surface area (Å²) in [6.45, 7) is 3.96. The average molecular weight is 385 g/mol. The van der Waals surface area contributed by atoms with Gasteiger partial charge in [-0.05, 0) is 44.2 Å². The van der Waals surface area contributed by atoms with Crippen molar-refractivity contribution >= 4 is 17.6 Å². The first kappa shape index (κ1) is 19.0. The van der Waals surface area contributed by atoms with Crippen LogP contribution in [0, 0.1) is 13.8 Å². The second kappa shape index (κ2) is 8.27. The van der Waals surface area contributed by atoms with E-state index in [-0.39, 0.29) is 19.0 Å². The summed E-state index contributed by atoms with van der Waals surface area (Å²) in [7, 11) is 1.57. The molecule has 0 aliphatic rings. The van der Waals surface area contributed by atoms with E-state index in [9.17, 15) is 4.79 Å². The lowest BCUT2D eigenvalue weighted by Crippen LogP contribution is -2.10. The number of carbonyl (C=O) groups excluding carboxylic acids is 1. The standard InChI is InChI=1S/C21H21ClN2O3/c1-14-19(15(2)24(23-14)18-7-5-4-6-8-18)12-21(25)27-13-16-11-17(22)9-10-20(16)26-3/h4-11H,12-13H2,1-3H3. The topological polar surface area (TPSA) is 53.4 Å². The molecule has 0 atom stereocenters. The van der Waals surface area contributed by atoms with Crippen molar-refractivity contribution in [3.63, 3.8) is 0 Å². The van der Waals surface area contributed by atoms with E-state index >= 15 is 0 Å². The molecule has 0 N–H and O–H groups in total. The number of carbonyl (C=O) groups is 1.